The molecule has 0 aliphatic carbocycles. The Morgan fingerprint density at radius 1 is 1.19 bits per heavy atom. The van der Waals surface area contributed by atoms with Crippen LogP contribution in [-0.2, 0) is 11.3 Å². The van der Waals surface area contributed by atoms with Gasteiger partial charge in [-0.1, -0.05) is 35.9 Å². The first-order chi connectivity index (χ1) is 13.1. The minimum atomic E-state index is -1.25. The average Bonchev–Trinajstić information content (AvgIpc) is 2.68. The van der Waals surface area contributed by atoms with Crippen LogP contribution >= 0.6 is 11.6 Å². The first-order valence-corrected chi connectivity index (χ1v) is 9.26. The van der Waals surface area contributed by atoms with Crippen molar-refractivity contribution in [1.82, 2.24) is 5.01 Å². The maximum atomic E-state index is 10.6. The molecule has 0 atom stereocenters. The van der Waals surface area contributed by atoms with Crippen molar-refractivity contribution in [2.45, 2.75) is 6.54 Å². The molecule has 0 radical (unpaired) electrons. The van der Waals surface area contributed by atoms with Crippen LogP contribution in [0.1, 0.15) is 11.1 Å². The van der Waals surface area contributed by atoms with E-state index in [0.717, 1.165) is 43.3 Å². The number of benzene rings is 2. The number of nitrogens with zero attached hydrogens (tertiary/aromatic N) is 2. The van der Waals surface area contributed by atoms with Crippen molar-refractivity contribution in [2.24, 2.45) is 5.10 Å². The molecule has 1 saturated heterocycles. The van der Waals surface area contributed by atoms with Gasteiger partial charge in [0.25, 0.3) is 0 Å². The van der Waals surface area contributed by atoms with Crippen molar-refractivity contribution >= 4 is 23.8 Å². The fourth-order valence-corrected chi connectivity index (χ4v) is 3.12. The van der Waals surface area contributed by atoms with E-state index in [1.54, 1.807) is 18.3 Å². The molecule has 6 nitrogen and oxygen atoms in total. The molecule has 0 aromatic heterocycles. The van der Waals surface area contributed by atoms with Crippen LogP contribution in [-0.4, -0.2) is 50.0 Å². The second kappa shape index (κ2) is 9.39. The zero-order chi connectivity index (χ0) is 19.1. The van der Waals surface area contributed by atoms with Crippen molar-refractivity contribution in [3.05, 3.63) is 64.7 Å². The molecular weight excluding hydrogens is 366 g/mol. The van der Waals surface area contributed by atoms with Gasteiger partial charge < -0.3 is 19.5 Å². The van der Waals surface area contributed by atoms with Crippen LogP contribution in [0.5, 0.6) is 5.75 Å². The largest absolute Gasteiger partial charge is 0.546 e. The number of hydrazone groups is 1. The Bertz CT molecular complexity index is 787. The molecule has 7 heteroatoms. The first-order valence-electron chi connectivity index (χ1n) is 8.89. The normalized spacial score (nSPS) is 15.2. The lowest BCUT2D eigenvalue weighted by atomic mass is 10.2. The van der Waals surface area contributed by atoms with Crippen molar-refractivity contribution in [1.29, 1.82) is 0 Å². The van der Waals surface area contributed by atoms with Gasteiger partial charge in [-0.3, -0.25) is 5.01 Å². The van der Waals surface area contributed by atoms with Gasteiger partial charge in [-0.25, -0.2) is 0 Å². The number of ether oxygens (including phenoxy) is 1. The molecule has 0 unspecified atom stereocenters. The maximum absolute atomic E-state index is 10.6. The Labute approximate surface area is 163 Å². The third kappa shape index (κ3) is 5.98. The average molecular weight is 388 g/mol. The highest BCUT2D eigenvalue weighted by molar-refractivity contribution is 6.30. The summed E-state index contributed by atoms with van der Waals surface area (Å²) in [5.41, 5.74) is 2.03. The Morgan fingerprint density at radius 2 is 1.89 bits per heavy atom. The molecule has 0 amide bonds. The van der Waals surface area contributed by atoms with E-state index >= 15 is 0 Å². The summed E-state index contributed by atoms with van der Waals surface area (Å²) in [4.78, 5) is 12.1. The maximum Gasteiger partial charge on any atom is 0.128 e. The SMILES string of the molecule is O=C([O-])COc1ccccc1/C=N/N1CC[NH+](Cc2ccc(Cl)cc2)CC1. The monoisotopic (exact) mass is 387 g/mol. The second-order valence-electron chi connectivity index (χ2n) is 6.45. The van der Waals surface area contributed by atoms with E-state index in [9.17, 15) is 9.90 Å². The number of rotatable bonds is 7. The van der Waals surface area contributed by atoms with E-state index in [-0.39, 0.29) is 0 Å². The number of carbonyl (C=O) groups is 1. The third-order valence-electron chi connectivity index (χ3n) is 4.44. The second-order valence-corrected chi connectivity index (χ2v) is 6.89. The van der Waals surface area contributed by atoms with Gasteiger partial charge in [-0.2, -0.15) is 5.10 Å². The number of hydrogen-bond donors (Lipinski definition) is 1. The minimum absolute atomic E-state index is 0.475. The van der Waals surface area contributed by atoms with Gasteiger partial charge in [0.15, 0.2) is 0 Å². The molecule has 1 heterocycles. The smallest absolute Gasteiger partial charge is 0.128 e. The highest BCUT2D eigenvalue weighted by Gasteiger charge is 2.18. The van der Waals surface area contributed by atoms with E-state index in [2.05, 4.69) is 17.2 Å². The first kappa shape index (κ1) is 19.2. The molecule has 2 aromatic carbocycles. The van der Waals surface area contributed by atoms with E-state index in [4.69, 9.17) is 16.3 Å². The van der Waals surface area contributed by atoms with Crippen LogP contribution in [0, 0.1) is 0 Å². The molecule has 2 aromatic rings. The lowest BCUT2D eigenvalue weighted by Crippen LogP contribution is -3.13. The van der Waals surface area contributed by atoms with Crippen LogP contribution in [0.3, 0.4) is 0 Å². The Morgan fingerprint density at radius 3 is 2.59 bits per heavy atom. The van der Waals surface area contributed by atoms with Crippen molar-refractivity contribution in [3.8, 4) is 5.75 Å². The number of nitrogens with one attached hydrogen (secondary N) is 1. The summed E-state index contributed by atoms with van der Waals surface area (Å²) in [6.45, 7) is 4.24. The van der Waals surface area contributed by atoms with Crippen LogP contribution < -0.4 is 14.7 Å². The number of quaternary nitrogens is 1. The lowest BCUT2D eigenvalue weighted by molar-refractivity contribution is -0.918. The Kier molecular flexibility index (Phi) is 6.68. The molecule has 142 valence electrons. The number of piperazine rings is 1. The van der Waals surface area contributed by atoms with E-state index < -0.39 is 12.6 Å². The topological polar surface area (TPSA) is 69.4 Å². The predicted molar refractivity (Wildman–Crippen MR) is 102 cm³/mol. The summed E-state index contributed by atoms with van der Waals surface area (Å²) >= 11 is 5.93. The Balaban J connectivity index is 1.51. The van der Waals surface area contributed by atoms with Crippen LogP contribution in [0.2, 0.25) is 5.02 Å². The summed E-state index contributed by atoms with van der Waals surface area (Å²) in [5.74, 6) is -0.765. The van der Waals surface area contributed by atoms with E-state index in [0.29, 0.717) is 5.75 Å². The van der Waals surface area contributed by atoms with Gasteiger partial charge in [-0.05, 0) is 24.3 Å². The molecule has 0 bridgehead atoms. The number of halogens is 1. The Hall–Kier alpha value is -2.57. The molecule has 3 rings (SSSR count). The molecular formula is C20H22ClN3O3. The number of aliphatic carboxylic acids is 1. The zero-order valence-electron chi connectivity index (χ0n) is 14.9. The highest BCUT2D eigenvalue weighted by Crippen LogP contribution is 2.16. The van der Waals surface area contributed by atoms with Gasteiger partial charge in [0.05, 0.1) is 38.4 Å². The van der Waals surface area contributed by atoms with Gasteiger partial charge >= 0.3 is 0 Å². The number of para-hydroxylation sites is 1. The quantitative estimate of drug-likeness (QED) is 0.689. The minimum Gasteiger partial charge on any atom is -0.546 e. The molecule has 0 spiro atoms. The molecule has 1 N–H and O–H groups in total. The van der Waals surface area contributed by atoms with Gasteiger partial charge in [-0.15, -0.1) is 0 Å². The van der Waals surface area contributed by atoms with Crippen molar-refractivity contribution in [2.75, 3.05) is 32.8 Å². The number of carboxylic acid groups (broad SMARTS) is 1. The zero-order valence-corrected chi connectivity index (χ0v) is 15.7. The molecule has 1 aliphatic heterocycles. The molecule has 0 saturated carbocycles. The molecule has 1 fully saturated rings. The van der Waals surface area contributed by atoms with Crippen LogP contribution in [0.4, 0.5) is 0 Å². The standard InChI is InChI=1S/C20H22ClN3O3/c21-18-7-5-16(6-8-18)14-23-9-11-24(12-10-23)22-13-17-3-1-2-4-19(17)27-15-20(25)26/h1-8,13H,9-12,14-15H2,(H,25,26)/b22-13+. The summed E-state index contributed by atoms with van der Waals surface area (Å²) in [7, 11) is 0. The van der Waals surface area contributed by atoms with Crippen LogP contribution in [0.25, 0.3) is 0 Å². The highest BCUT2D eigenvalue weighted by atomic mass is 35.5. The number of carbonyl (C=O) groups excluding carboxylic acids is 1. The number of carboxylic acids is 1. The summed E-state index contributed by atoms with van der Waals surface area (Å²) in [6.07, 6.45) is 1.72. The summed E-state index contributed by atoms with van der Waals surface area (Å²) in [5, 5.41) is 17.9. The van der Waals surface area contributed by atoms with Gasteiger partial charge in [0, 0.05) is 16.1 Å². The van der Waals surface area contributed by atoms with Crippen molar-refractivity contribution < 1.29 is 19.5 Å². The predicted octanol–water partition coefficient (Wildman–Crippen LogP) is 0.203. The van der Waals surface area contributed by atoms with Gasteiger partial charge in [0.1, 0.15) is 18.9 Å². The summed E-state index contributed by atoms with van der Waals surface area (Å²) in [6, 6.07) is 15.2. The van der Waals surface area contributed by atoms with Crippen molar-refractivity contribution in [3.63, 3.8) is 0 Å². The lowest BCUT2D eigenvalue weighted by Gasteiger charge is -2.30. The fraction of sp³-hybridized carbons (Fsp3) is 0.300. The molecule has 27 heavy (non-hydrogen) atoms. The third-order valence-corrected chi connectivity index (χ3v) is 4.69. The number of hydrogen-bond acceptors (Lipinski definition) is 5. The summed E-state index contributed by atoms with van der Waals surface area (Å²) < 4.78 is 5.24. The van der Waals surface area contributed by atoms with E-state index in [1.165, 1.54) is 10.5 Å². The van der Waals surface area contributed by atoms with E-state index in [1.807, 2.05) is 29.3 Å². The van der Waals surface area contributed by atoms with Crippen LogP contribution in [0.15, 0.2) is 53.6 Å². The van der Waals surface area contributed by atoms with Gasteiger partial charge in [0.2, 0.25) is 0 Å². The fourth-order valence-electron chi connectivity index (χ4n) is 2.99. The molecule has 1 aliphatic rings.